The van der Waals surface area contributed by atoms with Crippen LogP contribution in [0.3, 0.4) is 0 Å². The lowest BCUT2D eigenvalue weighted by Crippen LogP contribution is -2.54. The van der Waals surface area contributed by atoms with Crippen molar-refractivity contribution < 1.29 is 19.1 Å². The number of nitrogens with zero attached hydrogens (tertiary/aromatic N) is 3. The number of morpholine rings is 1. The maximum absolute atomic E-state index is 13.1. The van der Waals surface area contributed by atoms with Gasteiger partial charge in [0.25, 0.3) is 5.91 Å². The second kappa shape index (κ2) is 10.5. The van der Waals surface area contributed by atoms with E-state index >= 15 is 0 Å². The minimum atomic E-state index is -0.908. The third-order valence-corrected chi connectivity index (χ3v) is 6.46. The summed E-state index contributed by atoms with van der Waals surface area (Å²) >= 11 is 0. The van der Waals surface area contributed by atoms with E-state index in [4.69, 9.17) is 9.47 Å². The van der Waals surface area contributed by atoms with Gasteiger partial charge < -0.3 is 19.7 Å². The Kier molecular flexibility index (Phi) is 7.95. The molecule has 1 aliphatic carbocycles. The van der Waals surface area contributed by atoms with Crippen LogP contribution in [-0.4, -0.2) is 78.9 Å². The molecule has 2 saturated heterocycles. The Hall–Kier alpha value is -1.85. The van der Waals surface area contributed by atoms with Crippen molar-refractivity contribution in [2.45, 2.75) is 76.5 Å². The number of likely N-dealkylation sites (tertiary alicyclic amines) is 1. The zero-order chi connectivity index (χ0) is 21.6. The lowest BCUT2D eigenvalue weighted by molar-refractivity contribution is -0.132. The minimum Gasteiger partial charge on any atom is -0.436 e. The number of nitrogens with one attached hydrogen (secondary N) is 1. The molecule has 0 aromatic carbocycles. The maximum atomic E-state index is 13.1. The third kappa shape index (κ3) is 5.86. The molecule has 2 aliphatic heterocycles. The van der Waals surface area contributed by atoms with Gasteiger partial charge in [0.1, 0.15) is 5.54 Å². The fraction of sp³-hybridized carbons (Fsp3) is 0.864. The summed E-state index contributed by atoms with van der Waals surface area (Å²) in [6.45, 7) is 7.23. The summed E-state index contributed by atoms with van der Waals surface area (Å²) in [6, 6.07) is 2.87. The molecule has 2 amide bonds. The van der Waals surface area contributed by atoms with E-state index in [1.54, 1.807) is 4.90 Å². The standard InChI is InChI=1S/C22H36N4O4/c1-17(2)14-19(30-21(28)25-10-12-29-13-11-25)20(27)24-22(15-23)8-9-26(16-22)18-6-4-3-5-7-18/h17-19H,3-14,16H2,1-2H3,(H,24,27)/t19-,22?/m0/s1. The minimum absolute atomic E-state index is 0.179. The lowest BCUT2D eigenvalue weighted by Gasteiger charge is -2.33. The fourth-order valence-electron chi connectivity index (χ4n) is 4.71. The Morgan fingerprint density at radius 2 is 1.90 bits per heavy atom. The Balaban J connectivity index is 1.61. The Labute approximate surface area is 179 Å². The molecule has 8 nitrogen and oxygen atoms in total. The number of rotatable bonds is 6. The van der Waals surface area contributed by atoms with Gasteiger partial charge in [-0.3, -0.25) is 9.69 Å². The third-order valence-electron chi connectivity index (χ3n) is 6.46. The predicted octanol–water partition coefficient (Wildman–Crippen LogP) is 2.29. The van der Waals surface area contributed by atoms with Gasteiger partial charge in [0.05, 0.1) is 19.3 Å². The number of carbonyl (C=O) groups excluding carboxylic acids is 2. The number of ether oxygens (including phenoxy) is 2. The van der Waals surface area contributed by atoms with E-state index in [1.807, 2.05) is 13.8 Å². The molecule has 3 rings (SSSR count). The highest BCUT2D eigenvalue weighted by Gasteiger charge is 2.43. The molecule has 168 valence electrons. The molecule has 2 heterocycles. The van der Waals surface area contributed by atoms with Crippen molar-refractivity contribution in [1.82, 2.24) is 15.1 Å². The van der Waals surface area contributed by atoms with Gasteiger partial charge >= 0.3 is 6.09 Å². The van der Waals surface area contributed by atoms with Crippen molar-refractivity contribution >= 4 is 12.0 Å². The van der Waals surface area contributed by atoms with E-state index in [0.717, 1.165) is 6.54 Å². The van der Waals surface area contributed by atoms with Gasteiger partial charge in [-0.25, -0.2) is 4.79 Å². The SMILES string of the molecule is CC(C)C[C@H](OC(=O)N1CCOCC1)C(=O)NC1(C#N)CCN(C2CCCCC2)C1. The van der Waals surface area contributed by atoms with Gasteiger partial charge in [0.15, 0.2) is 6.10 Å². The number of carbonyl (C=O) groups is 2. The lowest BCUT2D eigenvalue weighted by atomic mass is 9.94. The van der Waals surface area contributed by atoms with Crippen molar-refractivity contribution in [3.8, 4) is 6.07 Å². The summed E-state index contributed by atoms with van der Waals surface area (Å²) in [6.07, 6.45) is 5.76. The van der Waals surface area contributed by atoms with E-state index in [9.17, 15) is 14.9 Å². The van der Waals surface area contributed by atoms with Crippen molar-refractivity contribution in [2.75, 3.05) is 39.4 Å². The molecule has 1 unspecified atom stereocenters. The van der Waals surface area contributed by atoms with Gasteiger partial charge in [0.2, 0.25) is 0 Å². The van der Waals surface area contributed by atoms with Gasteiger partial charge in [-0.1, -0.05) is 33.1 Å². The first-order chi connectivity index (χ1) is 14.4. The topological polar surface area (TPSA) is 94.9 Å². The fourth-order valence-corrected chi connectivity index (χ4v) is 4.71. The summed E-state index contributed by atoms with van der Waals surface area (Å²) in [5, 5.41) is 12.9. The molecule has 1 saturated carbocycles. The molecule has 30 heavy (non-hydrogen) atoms. The summed E-state index contributed by atoms with van der Waals surface area (Å²) in [7, 11) is 0. The van der Waals surface area contributed by atoms with Crippen molar-refractivity contribution in [3.63, 3.8) is 0 Å². The Morgan fingerprint density at radius 3 is 2.53 bits per heavy atom. The van der Waals surface area contributed by atoms with E-state index in [1.165, 1.54) is 32.1 Å². The van der Waals surface area contributed by atoms with Crippen molar-refractivity contribution in [2.24, 2.45) is 5.92 Å². The largest absolute Gasteiger partial charge is 0.436 e. The summed E-state index contributed by atoms with van der Waals surface area (Å²) in [5.41, 5.74) is -0.908. The van der Waals surface area contributed by atoms with Crippen LogP contribution in [0.5, 0.6) is 0 Å². The van der Waals surface area contributed by atoms with E-state index in [-0.39, 0.29) is 11.8 Å². The van der Waals surface area contributed by atoms with Crippen LogP contribution in [-0.2, 0) is 14.3 Å². The Morgan fingerprint density at radius 1 is 1.20 bits per heavy atom. The van der Waals surface area contributed by atoms with Crippen molar-refractivity contribution in [3.05, 3.63) is 0 Å². The molecular formula is C22H36N4O4. The van der Waals surface area contributed by atoms with E-state index in [0.29, 0.717) is 51.7 Å². The van der Waals surface area contributed by atoms with Crippen LogP contribution in [0.4, 0.5) is 4.79 Å². The second-order valence-electron chi connectivity index (χ2n) is 9.30. The monoisotopic (exact) mass is 420 g/mol. The molecule has 0 radical (unpaired) electrons. The van der Waals surface area contributed by atoms with Crippen molar-refractivity contribution in [1.29, 1.82) is 5.26 Å². The number of amides is 2. The van der Waals surface area contributed by atoms with Crippen LogP contribution in [0, 0.1) is 17.2 Å². The Bertz CT molecular complexity index is 638. The average molecular weight is 421 g/mol. The highest BCUT2D eigenvalue weighted by Crippen LogP contribution is 2.30. The van der Waals surface area contributed by atoms with Crippen LogP contribution in [0.2, 0.25) is 0 Å². The van der Waals surface area contributed by atoms with Crippen LogP contribution < -0.4 is 5.32 Å². The smallest absolute Gasteiger partial charge is 0.410 e. The zero-order valence-electron chi connectivity index (χ0n) is 18.4. The molecule has 0 spiro atoms. The molecule has 3 fully saturated rings. The van der Waals surface area contributed by atoms with E-state index < -0.39 is 17.7 Å². The number of hydrogen-bond acceptors (Lipinski definition) is 6. The highest BCUT2D eigenvalue weighted by molar-refractivity contribution is 5.84. The quantitative estimate of drug-likeness (QED) is 0.708. The molecule has 3 aliphatic rings. The van der Waals surface area contributed by atoms with Crippen LogP contribution >= 0.6 is 0 Å². The number of hydrogen-bond donors (Lipinski definition) is 1. The summed E-state index contributed by atoms with van der Waals surface area (Å²) < 4.78 is 10.9. The number of nitriles is 1. The van der Waals surface area contributed by atoms with Gasteiger partial charge in [-0.15, -0.1) is 0 Å². The maximum Gasteiger partial charge on any atom is 0.410 e. The highest BCUT2D eigenvalue weighted by atomic mass is 16.6. The molecule has 0 aromatic rings. The molecule has 1 N–H and O–H groups in total. The van der Waals surface area contributed by atoms with E-state index in [2.05, 4.69) is 16.3 Å². The zero-order valence-corrected chi connectivity index (χ0v) is 18.4. The average Bonchev–Trinajstić information content (AvgIpc) is 3.18. The molecule has 0 aromatic heterocycles. The second-order valence-corrected chi connectivity index (χ2v) is 9.30. The normalized spacial score (nSPS) is 26.9. The first kappa shape index (κ1) is 22.8. The van der Waals surface area contributed by atoms with Gasteiger partial charge in [-0.05, 0) is 31.6 Å². The predicted molar refractivity (Wildman–Crippen MR) is 112 cm³/mol. The van der Waals surface area contributed by atoms with Gasteiger partial charge in [0, 0.05) is 32.2 Å². The molecule has 2 atom stereocenters. The summed E-state index contributed by atoms with van der Waals surface area (Å²) in [5.74, 6) is -0.184. The first-order valence-corrected chi connectivity index (χ1v) is 11.4. The van der Waals surface area contributed by atoms with Crippen LogP contribution in [0.1, 0.15) is 58.8 Å². The molecular weight excluding hydrogens is 384 g/mol. The first-order valence-electron chi connectivity index (χ1n) is 11.4. The van der Waals surface area contributed by atoms with Gasteiger partial charge in [-0.2, -0.15) is 5.26 Å². The van der Waals surface area contributed by atoms with Crippen LogP contribution in [0.25, 0.3) is 0 Å². The molecule has 0 bridgehead atoms. The summed E-state index contributed by atoms with van der Waals surface area (Å²) in [4.78, 5) is 29.6. The van der Waals surface area contributed by atoms with Crippen LogP contribution in [0.15, 0.2) is 0 Å². The molecule has 8 heteroatoms.